The topological polar surface area (TPSA) is 35.5 Å². The van der Waals surface area contributed by atoms with Gasteiger partial charge in [0.05, 0.1) is 25.2 Å². The van der Waals surface area contributed by atoms with Gasteiger partial charge in [-0.05, 0) is 23.6 Å². The predicted octanol–water partition coefficient (Wildman–Crippen LogP) is 3.26. The second-order valence-electron chi connectivity index (χ2n) is 4.14. The van der Waals surface area contributed by atoms with E-state index in [2.05, 4.69) is 0 Å². The minimum absolute atomic E-state index is 0.145. The van der Waals surface area contributed by atoms with Crippen LogP contribution in [0, 0.1) is 5.92 Å². The van der Waals surface area contributed by atoms with Crippen LogP contribution in [-0.4, -0.2) is 20.2 Å². The first-order valence-electron chi connectivity index (χ1n) is 5.42. The number of carbonyl (C=O) groups is 1. The first-order valence-corrected chi connectivity index (χ1v) is 5.80. The number of hydrogen-bond acceptors (Lipinski definition) is 3. The molecule has 0 N–H and O–H groups in total. The van der Waals surface area contributed by atoms with Crippen LogP contribution < -0.4 is 4.74 Å². The number of carbonyl (C=O) groups excluding carboxylic acids is 1. The third-order valence-corrected chi connectivity index (χ3v) is 2.95. The normalized spacial score (nSPS) is 12.4. The van der Waals surface area contributed by atoms with Crippen molar-refractivity contribution >= 4 is 17.6 Å². The van der Waals surface area contributed by atoms with E-state index < -0.39 is 0 Å². The minimum atomic E-state index is -0.302. The number of benzene rings is 1. The van der Waals surface area contributed by atoms with Gasteiger partial charge in [0.2, 0.25) is 0 Å². The van der Waals surface area contributed by atoms with Gasteiger partial charge in [-0.25, -0.2) is 0 Å². The van der Waals surface area contributed by atoms with Crippen LogP contribution in [0.2, 0.25) is 5.02 Å². The van der Waals surface area contributed by atoms with Gasteiger partial charge in [-0.2, -0.15) is 0 Å². The highest BCUT2D eigenvalue weighted by molar-refractivity contribution is 6.32. The molecule has 0 aromatic heterocycles. The highest BCUT2D eigenvalue weighted by Gasteiger charge is 2.25. The molecule has 0 amide bonds. The lowest BCUT2D eigenvalue weighted by Gasteiger charge is -2.19. The fourth-order valence-electron chi connectivity index (χ4n) is 1.80. The van der Waals surface area contributed by atoms with Gasteiger partial charge in [0, 0.05) is 0 Å². The number of methoxy groups -OCH3 is 2. The van der Waals surface area contributed by atoms with Crippen molar-refractivity contribution in [2.75, 3.05) is 14.2 Å². The smallest absolute Gasteiger partial charge is 0.313 e. The number of ether oxygens (including phenoxy) is 2. The van der Waals surface area contributed by atoms with Crippen molar-refractivity contribution in [1.29, 1.82) is 0 Å². The van der Waals surface area contributed by atoms with Gasteiger partial charge in [0.15, 0.2) is 0 Å². The molecule has 0 aliphatic carbocycles. The fraction of sp³-hybridized carbons (Fsp3) is 0.462. The Morgan fingerprint density at radius 3 is 2.35 bits per heavy atom. The molecule has 1 aromatic carbocycles. The Morgan fingerprint density at radius 1 is 1.29 bits per heavy atom. The van der Waals surface area contributed by atoms with E-state index in [0.29, 0.717) is 10.8 Å². The Labute approximate surface area is 107 Å². The number of hydrogen-bond donors (Lipinski definition) is 0. The summed E-state index contributed by atoms with van der Waals surface area (Å²) in [4.78, 5) is 11.7. The summed E-state index contributed by atoms with van der Waals surface area (Å²) in [7, 11) is 2.95. The van der Waals surface area contributed by atoms with Crippen molar-refractivity contribution in [2.45, 2.75) is 19.8 Å². The number of halogens is 1. The molecule has 0 saturated carbocycles. The van der Waals surface area contributed by atoms with Crippen LogP contribution in [0.1, 0.15) is 25.3 Å². The van der Waals surface area contributed by atoms with Crippen molar-refractivity contribution < 1.29 is 14.3 Å². The van der Waals surface area contributed by atoms with Crippen LogP contribution in [0.15, 0.2) is 18.2 Å². The Hall–Kier alpha value is -1.22. The molecule has 0 saturated heterocycles. The number of rotatable bonds is 4. The average Bonchev–Trinajstić information content (AvgIpc) is 2.28. The van der Waals surface area contributed by atoms with Crippen LogP contribution in [-0.2, 0) is 9.53 Å². The monoisotopic (exact) mass is 256 g/mol. The van der Waals surface area contributed by atoms with Crippen molar-refractivity contribution in [1.82, 2.24) is 0 Å². The summed E-state index contributed by atoms with van der Waals surface area (Å²) in [6.07, 6.45) is 0. The molecule has 1 atom stereocenters. The zero-order valence-electron chi connectivity index (χ0n) is 10.5. The zero-order chi connectivity index (χ0) is 13.0. The Morgan fingerprint density at radius 2 is 1.94 bits per heavy atom. The maximum atomic E-state index is 11.7. The SMILES string of the molecule is COC(=O)C(c1ccc(OC)c(Cl)c1)C(C)C. The third kappa shape index (κ3) is 3.13. The second-order valence-corrected chi connectivity index (χ2v) is 4.55. The van der Waals surface area contributed by atoms with E-state index in [1.54, 1.807) is 19.2 Å². The molecule has 1 aromatic rings. The maximum absolute atomic E-state index is 11.7. The third-order valence-electron chi connectivity index (χ3n) is 2.66. The van der Waals surface area contributed by atoms with E-state index in [9.17, 15) is 4.79 Å². The molecule has 0 heterocycles. The van der Waals surface area contributed by atoms with Crippen molar-refractivity contribution in [3.8, 4) is 5.75 Å². The van der Waals surface area contributed by atoms with Crippen LogP contribution in [0.25, 0.3) is 0 Å². The van der Waals surface area contributed by atoms with Gasteiger partial charge in [-0.1, -0.05) is 31.5 Å². The van der Waals surface area contributed by atoms with Gasteiger partial charge in [0.1, 0.15) is 5.75 Å². The summed E-state index contributed by atoms with van der Waals surface area (Å²) in [5, 5.41) is 0.500. The molecule has 0 radical (unpaired) electrons. The maximum Gasteiger partial charge on any atom is 0.313 e. The van der Waals surface area contributed by atoms with Crippen molar-refractivity contribution in [3.05, 3.63) is 28.8 Å². The quantitative estimate of drug-likeness (QED) is 0.776. The first kappa shape index (κ1) is 13.8. The summed E-state index contributed by atoms with van der Waals surface area (Å²) in [5.41, 5.74) is 0.845. The molecule has 0 fully saturated rings. The van der Waals surface area contributed by atoms with Crippen LogP contribution in [0.3, 0.4) is 0 Å². The Kier molecular flexibility index (Phi) is 4.82. The van der Waals surface area contributed by atoms with Gasteiger partial charge in [0.25, 0.3) is 0 Å². The van der Waals surface area contributed by atoms with Gasteiger partial charge in [-0.3, -0.25) is 4.79 Å². The fourth-order valence-corrected chi connectivity index (χ4v) is 2.06. The summed E-state index contributed by atoms with van der Waals surface area (Å²) < 4.78 is 9.89. The van der Waals surface area contributed by atoms with E-state index in [1.165, 1.54) is 7.11 Å². The second kappa shape index (κ2) is 5.92. The largest absolute Gasteiger partial charge is 0.495 e. The molecule has 1 rings (SSSR count). The van der Waals surface area contributed by atoms with Crippen molar-refractivity contribution in [2.24, 2.45) is 5.92 Å². The standard InChI is InChI=1S/C13H17ClO3/c1-8(2)12(13(15)17-4)9-5-6-11(16-3)10(14)7-9/h5-8,12H,1-4H3. The Balaban J connectivity index is 3.11. The van der Waals surface area contributed by atoms with E-state index in [-0.39, 0.29) is 17.8 Å². The van der Waals surface area contributed by atoms with Crippen LogP contribution in [0.4, 0.5) is 0 Å². The molecule has 0 aliphatic rings. The molecule has 0 bridgehead atoms. The summed E-state index contributed by atoms with van der Waals surface area (Å²) >= 11 is 6.05. The molecule has 0 aliphatic heterocycles. The van der Waals surface area contributed by atoms with E-state index >= 15 is 0 Å². The summed E-state index contributed by atoms with van der Waals surface area (Å²) in [5.74, 6) is 0.194. The molecule has 94 valence electrons. The first-order chi connectivity index (χ1) is 8.01. The van der Waals surface area contributed by atoms with E-state index in [1.807, 2.05) is 19.9 Å². The summed E-state index contributed by atoms with van der Waals surface area (Å²) in [6, 6.07) is 5.35. The van der Waals surface area contributed by atoms with Gasteiger partial charge in [-0.15, -0.1) is 0 Å². The van der Waals surface area contributed by atoms with Crippen LogP contribution in [0.5, 0.6) is 5.75 Å². The molecular formula is C13H17ClO3. The molecular weight excluding hydrogens is 240 g/mol. The molecule has 0 spiro atoms. The van der Waals surface area contributed by atoms with Gasteiger partial charge < -0.3 is 9.47 Å². The molecule has 17 heavy (non-hydrogen) atoms. The lowest BCUT2D eigenvalue weighted by molar-refractivity contribution is -0.143. The number of esters is 1. The van der Waals surface area contributed by atoms with E-state index in [4.69, 9.17) is 21.1 Å². The van der Waals surface area contributed by atoms with Crippen molar-refractivity contribution in [3.63, 3.8) is 0 Å². The van der Waals surface area contributed by atoms with E-state index in [0.717, 1.165) is 5.56 Å². The highest BCUT2D eigenvalue weighted by Crippen LogP contribution is 2.32. The molecule has 4 heteroatoms. The predicted molar refractivity (Wildman–Crippen MR) is 67.6 cm³/mol. The minimum Gasteiger partial charge on any atom is -0.495 e. The lowest BCUT2D eigenvalue weighted by atomic mass is 9.88. The molecule has 1 unspecified atom stereocenters. The Bertz CT molecular complexity index is 402. The zero-order valence-corrected chi connectivity index (χ0v) is 11.2. The average molecular weight is 257 g/mol. The lowest BCUT2D eigenvalue weighted by Crippen LogP contribution is -2.19. The highest BCUT2D eigenvalue weighted by atomic mass is 35.5. The molecule has 3 nitrogen and oxygen atoms in total. The summed E-state index contributed by atoms with van der Waals surface area (Å²) in [6.45, 7) is 3.94. The van der Waals surface area contributed by atoms with Crippen LogP contribution >= 0.6 is 11.6 Å². The van der Waals surface area contributed by atoms with Gasteiger partial charge >= 0.3 is 5.97 Å².